The molecule has 0 fully saturated rings. The molecule has 6 heteroatoms. The molecule has 0 spiro atoms. The quantitative estimate of drug-likeness (QED) is 0.584. The first-order valence-corrected chi connectivity index (χ1v) is 8.45. The Bertz CT molecular complexity index is 462. The highest BCUT2D eigenvalue weighted by atomic mass is 79.9. The largest absolute Gasteiger partial charge is 0.385 e. The van der Waals surface area contributed by atoms with Gasteiger partial charge in [0.25, 0.3) is 0 Å². The van der Waals surface area contributed by atoms with Crippen LogP contribution in [0.25, 0.3) is 0 Å². The minimum absolute atomic E-state index is 0.0962. The van der Waals surface area contributed by atoms with Gasteiger partial charge in [-0.15, -0.1) is 0 Å². The summed E-state index contributed by atoms with van der Waals surface area (Å²) in [6.45, 7) is 0.788. The van der Waals surface area contributed by atoms with Gasteiger partial charge in [-0.25, -0.2) is 13.1 Å². The van der Waals surface area contributed by atoms with Crippen molar-refractivity contribution in [2.75, 3.05) is 19.5 Å². The molecule has 0 unspecified atom stereocenters. The van der Waals surface area contributed by atoms with Crippen molar-refractivity contribution in [3.63, 3.8) is 0 Å². The molecule has 0 bridgehead atoms. The standard InChI is InChI=1S/C12H18BrNO3S/c1-17-6-3-7-18(15,16)14-10-12-5-2-4-11(8-12)9-13/h2,4-5,8,14H,3,6-7,9-10H2,1H3. The highest BCUT2D eigenvalue weighted by molar-refractivity contribution is 9.08. The van der Waals surface area contributed by atoms with E-state index in [0.29, 0.717) is 19.6 Å². The van der Waals surface area contributed by atoms with Crippen LogP contribution in [-0.2, 0) is 26.6 Å². The van der Waals surface area contributed by atoms with E-state index in [0.717, 1.165) is 16.5 Å². The zero-order chi connectivity index (χ0) is 13.4. The number of sulfonamides is 1. The highest BCUT2D eigenvalue weighted by Gasteiger charge is 2.09. The maximum Gasteiger partial charge on any atom is 0.211 e. The van der Waals surface area contributed by atoms with E-state index >= 15 is 0 Å². The molecular weight excluding hydrogens is 318 g/mol. The predicted octanol–water partition coefficient (Wildman–Crippen LogP) is 2.04. The maximum absolute atomic E-state index is 11.7. The average molecular weight is 336 g/mol. The summed E-state index contributed by atoms with van der Waals surface area (Å²) in [6.07, 6.45) is 0.507. The molecule has 0 atom stereocenters. The lowest BCUT2D eigenvalue weighted by Gasteiger charge is -2.07. The van der Waals surface area contributed by atoms with Gasteiger partial charge in [0, 0.05) is 25.6 Å². The van der Waals surface area contributed by atoms with Gasteiger partial charge in [-0.3, -0.25) is 0 Å². The number of hydrogen-bond acceptors (Lipinski definition) is 3. The van der Waals surface area contributed by atoms with Crippen molar-refractivity contribution in [3.8, 4) is 0 Å². The van der Waals surface area contributed by atoms with E-state index in [4.69, 9.17) is 4.74 Å². The number of ether oxygens (including phenoxy) is 1. The third-order valence-electron chi connectivity index (χ3n) is 2.40. The van der Waals surface area contributed by atoms with Crippen molar-refractivity contribution in [1.82, 2.24) is 4.72 Å². The van der Waals surface area contributed by atoms with Gasteiger partial charge in [-0.05, 0) is 17.5 Å². The van der Waals surface area contributed by atoms with Crippen molar-refractivity contribution in [2.45, 2.75) is 18.3 Å². The van der Waals surface area contributed by atoms with Crippen molar-refractivity contribution in [2.24, 2.45) is 0 Å². The molecule has 0 saturated heterocycles. The number of benzene rings is 1. The molecule has 0 aromatic heterocycles. The first kappa shape index (κ1) is 15.6. The number of hydrogen-bond donors (Lipinski definition) is 1. The summed E-state index contributed by atoms with van der Waals surface area (Å²) in [4.78, 5) is 0. The van der Waals surface area contributed by atoms with E-state index in [1.165, 1.54) is 0 Å². The zero-order valence-corrected chi connectivity index (χ0v) is 12.8. The summed E-state index contributed by atoms with van der Waals surface area (Å²) in [5.74, 6) is 0.0962. The second-order valence-electron chi connectivity index (χ2n) is 3.94. The lowest BCUT2D eigenvalue weighted by Crippen LogP contribution is -2.26. The first-order chi connectivity index (χ1) is 8.57. The fraction of sp³-hybridized carbons (Fsp3) is 0.500. The third-order valence-corrected chi connectivity index (χ3v) is 4.46. The van der Waals surface area contributed by atoms with Gasteiger partial charge in [-0.1, -0.05) is 40.2 Å². The number of alkyl halides is 1. The van der Waals surface area contributed by atoms with E-state index < -0.39 is 10.0 Å². The molecule has 0 aliphatic heterocycles. The lowest BCUT2D eigenvalue weighted by atomic mass is 10.1. The van der Waals surface area contributed by atoms with Crippen molar-refractivity contribution in [3.05, 3.63) is 35.4 Å². The minimum atomic E-state index is -3.21. The second-order valence-corrected chi connectivity index (χ2v) is 6.43. The number of methoxy groups -OCH3 is 1. The smallest absolute Gasteiger partial charge is 0.211 e. The maximum atomic E-state index is 11.7. The van der Waals surface area contributed by atoms with Crippen LogP contribution in [0.5, 0.6) is 0 Å². The van der Waals surface area contributed by atoms with E-state index in [1.807, 2.05) is 24.3 Å². The molecule has 0 radical (unpaired) electrons. The number of nitrogens with one attached hydrogen (secondary N) is 1. The van der Waals surface area contributed by atoms with Crippen LogP contribution < -0.4 is 4.72 Å². The third kappa shape index (κ3) is 5.95. The molecule has 0 aliphatic carbocycles. The summed E-state index contributed by atoms with van der Waals surface area (Å²) in [7, 11) is -1.65. The van der Waals surface area contributed by atoms with E-state index in [9.17, 15) is 8.42 Å². The van der Waals surface area contributed by atoms with Gasteiger partial charge >= 0.3 is 0 Å². The van der Waals surface area contributed by atoms with Gasteiger partial charge in [-0.2, -0.15) is 0 Å². The van der Waals surface area contributed by atoms with Gasteiger partial charge in [0.1, 0.15) is 0 Å². The molecule has 1 aromatic rings. The molecule has 0 amide bonds. The first-order valence-electron chi connectivity index (χ1n) is 5.67. The second kappa shape index (κ2) is 7.89. The van der Waals surface area contributed by atoms with Crippen molar-refractivity contribution < 1.29 is 13.2 Å². The van der Waals surface area contributed by atoms with Gasteiger partial charge < -0.3 is 4.74 Å². The highest BCUT2D eigenvalue weighted by Crippen LogP contribution is 2.09. The summed E-state index contributed by atoms with van der Waals surface area (Å²) in [5, 5.41) is 0.765. The van der Waals surface area contributed by atoms with Gasteiger partial charge in [0.15, 0.2) is 0 Å². The van der Waals surface area contributed by atoms with Crippen LogP contribution in [0.15, 0.2) is 24.3 Å². The molecule has 1 rings (SSSR count). The van der Waals surface area contributed by atoms with Gasteiger partial charge in [0.2, 0.25) is 10.0 Å². The van der Waals surface area contributed by atoms with Crippen LogP contribution in [-0.4, -0.2) is 27.9 Å². The molecule has 0 heterocycles. The van der Waals surface area contributed by atoms with E-state index in [1.54, 1.807) is 7.11 Å². The van der Waals surface area contributed by atoms with Crippen LogP contribution in [0.4, 0.5) is 0 Å². The van der Waals surface area contributed by atoms with E-state index in [-0.39, 0.29) is 5.75 Å². The Hall–Kier alpha value is -0.430. The summed E-state index contributed by atoms with van der Waals surface area (Å²) >= 11 is 3.37. The molecule has 18 heavy (non-hydrogen) atoms. The van der Waals surface area contributed by atoms with Crippen LogP contribution in [0.3, 0.4) is 0 Å². The molecule has 4 nitrogen and oxygen atoms in total. The zero-order valence-electron chi connectivity index (χ0n) is 10.4. The van der Waals surface area contributed by atoms with Crippen LogP contribution in [0.1, 0.15) is 17.5 Å². The Morgan fingerprint density at radius 1 is 1.33 bits per heavy atom. The summed E-state index contributed by atoms with van der Waals surface area (Å²) in [5.41, 5.74) is 2.09. The van der Waals surface area contributed by atoms with Crippen LogP contribution >= 0.6 is 15.9 Å². The SMILES string of the molecule is COCCCS(=O)(=O)NCc1cccc(CBr)c1. The Kier molecular flexibility index (Phi) is 6.85. The Labute approximate surface area is 117 Å². The monoisotopic (exact) mass is 335 g/mol. The fourth-order valence-electron chi connectivity index (χ4n) is 1.48. The minimum Gasteiger partial charge on any atom is -0.385 e. The molecule has 0 saturated carbocycles. The normalized spacial score (nSPS) is 11.7. The summed E-state index contributed by atoms with van der Waals surface area (Å²) < 4.78 is 30.7. The summed E-state index contributed by atoms with van der Waals surface area (Å²) in [6, 6.07) is 7.80. The topological polar surface area (TPSA) is 55.4 Å². The fourth-order valence-corrected chi connectivity index (χ4v) is 2.86. The van der Waals surface area contributed by atoms with Gasteiger partial charge in [0.05, 0.1) is 5.75 Å². The Balaban J connectivity index is 2.48. The molecular formula is C12H18BrNO3S. The van der Waals surface area contributed by atoms with E-state index in [2.05, 4.69) is 20.7 Å². The van der Waals surface area contributed by atoms with Crippen LogP contribution in [0.2, 0.25) is 0 Å². The molecule has 1 aromatic carbocycles. The van der Waals surface area contributed by atoms with Crippen molar-refractivity contribution in [1.29, 1.82) is 0 Å². The Morgan fingerprint density at radius 3 is 2.72 bits per heavy atom. The predicted molar refractivity (Wildman–Crippen MR) is 76.2 cm³/mol. The number of rotatable bonds is 8. The lowest BCUT2D eigenvalue weighted by molar-refractivity contribution is 0.199. The Morgan fingerprint density at radius 2 is 2.06 bits per heavy atom. The molecule has 102 valence electrons. The average Bonchev–Trinajstić information content (AvgIpc) is 2.37. The molecule has 1 N–H and O–H groups in total. The van der Waals surface area contributed by atoms with Crippen LogP contribution in [0, 0.1) is 0 Å². The van der Waals surface area contributed by atoms with Crippen molar-refractivity contribution >= 4 is 26.0 Å². The number of halogens is 1. The molecule has 0 aliphatic rings.